The van der Waals surface area contributed by atoms with Crippen molar-refractivity contribution in [1.82, 2.24) is 5.32 Å². The third-order valence-corrected chi connectivity index (χ3v) is 9.72. The van der Waals surface area contributed by atoms with Gasteiger partial charge >= 0.3 is 11.9 Å². The smallest absolute Gasteiger partial charge is 0.334 e. The number of hydrogen-bond acceptors (Lipinski definition) is 12. The lowest BCUT2D eigenvalue weighted by Crippen LogP contribution is -2.73. The topological polar surface area (TPSA) is 184 Å². The number of rotatable bonds is 13. The number of methoxy groups -OCH3 is 1. The number of carbonyl (C=O) groups excluding carboxylic acids is 2. The van der Waals surface area contributed by atoms with E-state index in [0.717, 1.165) is 42.0 Å². The monoisotopic (exact) mass is 695 g/mol. The van der Waals surface area contributed by atoms with Crippen LogP contribution < -0.4 is 10.1 Å². The van der Waals surface area contributed by atoms with Crippen LogP contribution in [0.15, 0.2) is 48.0 Å². The van der Waals surface area contributed by atoms with Gasteiger partial charge in [0.25, 0.3) is 0 Å². The number of nitrogens with one attached hydrogen (secondary N) is 1. The molecule has 2 fully saturated rings. The van der Waals surface area contributed by atoms with Crippen molar-refractivity contribution in [2.75, 3.05) is 33.4 Å². The van der Waals surface area contributed by atoms with Crippen LogP contribution in [0.3, 0.4) is 0 Å². The highest BCUT2D eigenvalue weighted by atomic mass is 16.7. The van der Waals surface area contributed by atoms with Crippen LogP contribution in [0.2, 0.25) is 0 Å². The number of phenols is 1. The average molecular weight is 696 g/mol. The summed E-state index contributed by atoms with van der Waals surface area (Å²) in [6.45, 7) is 5.27. The van der Waals surface area contributed by atoms with Gasteiger partial charge < -0.3 is 49.8 Å². The van der Waals surface area contributed by atoms with Gasteiger partial charge in [-0.3, -0.25) is 4.79 Å². The molecule has 3 aliphatic rings. The maximum absolute atomic E-state index is 14.4. The Morgan fingerprint density at radius 2 is 1.90 bits per heavy atom. The Bertz CT molecular complexity index is 1600. The molecule has 2 bridgehead atoms. The van der Waals surface area contributed by atoms with E-state index >= 15 is 0 Å². The Labute approximate surface area is 292 Å². The second kappa shape index (κ2) is 16.1. The number of morpholine rings is 1. The molecule has 12 nitrogen and oxygen atoms in total. The number of aliphatic hydroxyl groups excluding tert-OH is 3. The van der Waals surface area contributed by atoms with Gasteiger partial charge in [-0.1, -0.05) is 44.2 Å². The van der Waals surface area contributed by atoms with E-state index in [1.54, 1.807) is 18.2 Å². The molecule has 1 aliphatic carbocycles. The van der Waals surface area contributed by atoms with Gasteiger partial charge in [-0.05, 0) is 83.6 Å². The van der Waals surface area contributed by atoms with Gasteiger partial charge in [-0.2, -0.15) is 0 Å². The summed E-state index contributed by atoms with van der Waals surface area (Å²) in [5, 5.41) is 56.3. The Morgan fingerprint density at radius 1 is 1.12 bits per heavy atom. The summed E-state index contributed by atoms with van der Waals surface area (Å²) < 4.78 is 22.5. The normalized spacial score (nSPS) is 27.7. The molecule has 6 N–H and O–H groups in total. The number of ether oxygens (including phenoxy) is 4. The molecule has 7 unspecified atom stereocenters. The van der Waals surface area contributed by atoms with E-state index in [1.807, 2.05) is 18.2 Å². The third-order valence-electron chi connectivity index (χ3n) is 9.72. The summed E-state index contributed by atoms with van der Waals surface area (Å²) in [5.74, 6) is -3.94. The highest BCUT2D eigenvalue weighted by Crippen LogP contribution is 2.45. The molecule has 5 rings (SSSR count). The van der Waals surface area contributed by atoms with Crippen molar-refractivity contribution in [3.05, 3.63) is 70.3 Å². The van der Waals surface area contributed by atoms with Gasteiger partial charge in [0.1, 0.15) is 12.2 Å². The minimum Gasteiger partial charge on any atom is -0.504 e. The fraction of sp³-hybridized carbons (Fsp3) is 0.526. The summed E-state index contributed by atoms with van der Waals surface area (Å²) in [5.41, 5.74) is 4.59. The second-order valence-corrected chi connectivity index (χ2v) is 13.8. The average Bonchev–Trinajstić information content (AvgIpc) is 3.08. The van der Waals surface area contributed by atoms with Crippen LogP contribution in [0.4, 0.5) is 0 Å². The standard InChI is InChI=1S/C38H49NO11/c1-21(2)5-8-25-16-27(19-41)29(30-14-23(11-12-40)6-9-28(25)30)17-26(13-24-7-10-31(43)32(15-24)47-4)37(45)49-36-35(48-22(3)42)34(44)33-18-39-20-38(36,46)50-33/h6-7,9-10,13-16,21,27,29,33-36,39-41,43-44,46H,5,8,11-12,17-20H2,1-4H3. The number of benzene rings is 2. The van der Waals surface area contributed by atoms with Crippen LogP contribution in [0.25, 0.3) is 11.6 Å². The van der Waals surface area contributed by atoms with Crippen LogP contribution in [-0.2, 0) is 30.2 Å². The molecule has 0 amide bonds. The highest BCUT2D eigenvalue weighted by molar-refractivity contribution is 5.94. The predicted molar refractivity (Wildman–Crippen MR) is 184 cm³/mol. The third kappa shape index (κ3) is 8.22. The molecule has 50 heavy (non-hydrogen) atoms. The molecule has 0 spiro atoms. The second-order valence-electron chi connectivity index (χ2n) is 13.8. The number of fused-ring (bicyclic) bond motifs is 3. The van der Waals surface area contributed by atoms with Crippen molar-refractivity contribution < 1.29 is 54.1 Å². The summed E-state index contributed by atoms with van der Waals surface area (Å²) in [6.07, 6.45) is 0.597. The lowest BCUT2D eigenvalue weighted by Gasteiger charge is -2.51. The molecule has 272 valence electrons. The largest absolute Gasteiger partial charge is 0.504 e. The minimum atomic E-state index is -2.11. The van der Waals surface area contributed by atoms with Crippen molar-refractivity contribution in [3.63, 3.8) is 0 Å². The zero-order valence-electron chi connectivity index (χ0n) is 29.0. The SMILES string of the molecule is COc1cc(C=C(CC2c3cc(CCO)ccc3C(CCC(C)C)=CC2CO)C(=O)OC2C(OC(C)=O)C(O)C3CNCC2(O)O3)ccc1O. The van der Waals surface area contributed by atoms with E-state index in [1.165, 1.54) is 13.2 Å². The molecule has 2 aromatic carbocycles. The van der Waals surface area contributed by atoms with E-state index in [9.17, 15) is 35.1 Å². The maximum atomic E-state index is 14.4. The number of phenolic OH excluding ortho intramolecular Hbond substituents is 1. The first kappa shape index (κ1) is 37.5. The molecule has 2 heterocycles. The summed E-state index contributed by atoms with van der Waals surface area (Å²) in [7, 11) is 1.41. The fourth-order valence-electron chi connectivity index (χ4n) is 7.14. The summed E-state index contributed by atoms with van der Waals surface area (Å²) in [6, 6.07) is 10.6. The van der Waals surface area contributed by atoms with Gasteiger partial charge in [-0.25, -0.2) is 4.79 Å². The molecular formula is C38H49NO11. The Hall–Kier alpha value is -3.78. The van der Waals surface area contributed by atoms with Crippen molar-refractivity contribution in [1.29, 1.82) is 0 Å². The number of hydrogen-bond donors (Lipinski definition) is 6. The van der Waals surface area contributed by atoms with Crippen LogP contribution in [0.5, 0.6) is 11.5 Å². The molecule has 7 atom stereocenters. The summed E-state index contributed by atoms with van der Waals surface area (Å²) in [4.78, 5) is 26.5. The minimum absolute atomic E-state index is 0.0411. The van der Waals surface area contributed by atoms with Crippen LogP contribution in [0, 0.1) is 11.8 Å². The van der Waals surface area contributed by atoms with E-state index < -0.39 is 48.1 Å². The van der Waals surface area contributed by atoms with E-state index in [-0.39, 0.29) is 55.7 Å². The molecular weight excluding hydrogens is 646 g/mol. The molecule has 0 saturated carbocycles. The van der Waals surface area contributed by atoms with Crippen molar-refractivity contribution >= 4 is 23.6 Å². The number of aliphatic hydroxyl groups is 4. The molecule has 2 aromatic rings. The first-order chi connectivity index (χ1) is 23.9. The van der Waals surface area contributed by atoms with Gasteiger partial charge in [0.15, 0.2) is 23.7 Å². The predicted octanol–water partition coefficient (Wildman–Crippen LogP) is 2.83. The maximum Gasteiger partial charge on any atom is 0.334 e. The van der Waals surface area contributed by atoms with Gasteiger partial charge in [0.2, 0.25) is 5.79 Å². The van der Waals surface area contributed by atoms with Crippen molar-refractivity contribution in [3.8, 4) is 11.5 Å². The van der Waals surface area contributed by atoms with Crippen LogP contribution in [-0.4, -0.2) is 101 Å². The van der Waals surface area contributed by atoms with Crippen LogP contribution >= 0.6 is 0 Å². The van der Waals surface area contributed by atoms with Crippen molar-refractivity contribution in [2.45, 2.75) is 82.6 Å². The summed E-state index contributed by atoms with van der Waals surface area (Å²) >= 11 is 0. The Kier molecular flexibility index (Phi) is 12.0. The molecule has 2 saturated heterocycles. The first-order valence-corrected chi connectivity index (χ1v) is 17.2. The first-order valence-electron chi connectivity index (χ1n) is 17.2. The van der Waals surface area contributed by atoms with Gasteiger partial charge in [-0.15, -0.1) is 0 Å². The number of carbonyl (C=O) groups is 2. The van der Waals surface area contributed by atoms with Gasteiger partial charge in [0.05, 0.1) is 13.7 Å². The lowest BCUT2D eigenvalue weighted by atomic mass is 9.72. The van der Waals surface area contributed by atoms with Crippen molar-refractivity contribution in [2.24, 2.45) is 11.8 Å². The Morgan fingerprint density at radius 3 is 2.58 bits per heavy atom. The Balaban J connectivity index is 1.58. The fourth-order valence-corrected chi connectivity index (χ4v) is 7.14. The van der Waals surface area contributed by atoms with E-state index in [0.29, 0.717) is 17.9 Å². The molecule has 0 aromatic heterocycles. The van der Waals surface area contributed by atoms with Crippen LogP contribution in [0.1, 0.15) is 68.2 Å². The molecule has 2 aliphatic heterocycles. The van der Waals surface area contributed by atoms with Gasteiger partial charge in [0, 0.05) is 38.2 Å². The number of aromatic hydroxyl groups is 1. The highest BCUT2D eigenvalue weighted by Gasteiger charge is 2.59. The lowest BCUT2D eigenvalue weighted by molar-refractivity contribution is -0.355. The van der Waals surface area contributed by atoms with E-state index in [2.05, 4.69) is 25.2 Å². The number of esters is 2. The molecule has 12 heteroatoms. The van der Waals surface area contributed by atoms with E-state index in [4.69, 9.17) is 18.9 Å². The zero-order chi connectivity index (χ0) is 36.2. The molecule has 0 radical (unpaired) electrons. The number of allylic oxidation sites excluding steroid dienone is 1. The zero-order valence-corrected chi connectivity index (χ0v) is 29.0. The number of β-amino-alcohol motifs (C(OH)–C–C–N with tert-alkyl or cyclic N) is 1. The quantitative estimate of drug-likeness (QED) is 0.133.